The smallest absolute Gasteiger partial charge is 0.481 e. The molecule has 0 amide bonds. The molecule has 2 aliphatic rings. The maximum absolute atomic E-state index is 13.4. The predicted octanol–water partition coefficient (Wildman–Crippen LogP) is 12.4. The number of hydrogen-bond acceptors (Lipinski definition) is 7. The van der Waals surface area contributed by atoms with Gasteiger partial charge in [0.2, 0.25) is 0 Å². The van der Waals surface area contributed by atoms with Crippen LogP contribution in [0.4, 0.5) is 17.6 Å². The molecule has 2 heterocycles. The highest BCUT2D eigenvalue weighted by molar-refractivity contribution is 5.77. The maximum atomic E-state index is 13.4. The lowest BCUT2D eigenvalue weighted by molar-refractivity contribution is -0.287. The molecule has 58 heavy (non-hydrogen) atoms. The molecule has 0 atom stereocenters. The molecule has 0 saturated heterocycles. The van der Waals surface area contributed by atoms with Crippen molar-refractivity contribution in [2.24, 2.45) is 0 Å². The van der Waals surface area contributed by atoms with E-state index in [9.17, 15) is 32.3 Å². The summed E-state index contributed by atoms with van der Waals surface area (Å²) in [5, 5.41) is 9.32. The van der Waals surface area contributed by atoms with E-state index in [0.717, 1.165) is 50.1 Å². The van der Waals surface area contributed by atoms with Crippen molar-refractivity contribution in [2.45, 2.75) is 131 Å². The number of halogens is 4. The van der Waals surface area contributed by atoms with Crippen LogP contribution in [-0.2, 0) is 27.2 Å². The number of carbonyl (C=O) groups is 2. The number of alkyl halides is 4. The molecule has 8 nitrogen and oxygen atoms in total. The molecule has 0 unspecified atom stereocenters. The molecule has 0 aromatic heterocycles. The summed E-state index contributed by atoms with van der Waals surface area (Å²) in [6.45, 7) is 21.9. The minimum Gasteiger partial charge on any atom is -0.481 e. The van der Waals surface area contributed by atoms with Crippen molar-refractivity contribution < 1.29 is 55.9 Å². The molecule has 312 valence electrons. The zero-order valence-electron chi connectivity index (χ0n) is 34.8. The average molecular weight is 809 g/mol. The van der Waals surface area contributed by atoms with Crippen molar-refractivity contribution >= 4 is 11.9 Å². The molecule has 12 heteroatoms. The zero-order chi connectivity index (χ0) is 43.1. The number of rotatable bonds is 10. The lowest BCUT2D eigenvalue weighted by Gasteiger charge is -2.24. The van der Waals surface area contributed by atoms with Crippen LogP contribution in [0.2, 0.25) is 0 Å². The Morgan fingerprint density at radius 1 is 0.552 bits per heavy atom. The lowest BCUT2D eigenvalue weighted by atomic mass is 9.84. The van der Waals surface area contributed by atoms with Gasteiger partial charge in [-0.3, -0.25) is 9.59 Å². The van der Waals surface area contributed by atoms with Gasteiger partial charge in [0.05, 0.1) is 12.8 Å². The SMILES string of the molecule is CC(C)c1cc(-c2ccc3c(c2)OC(F)(F)O3)cc(C(C)C)c1CC(=O)O.CC(C)c1cc(-c2ccc3c(c2)OC(F)(F)O3)cc(C(C)C)c1CC(=O)OC(C)(C)C. The first kappa shape index (κ1) is 43.9. The van der Waals surface area contributed by atoms with Gasteiger partial charge in [0.25, 0.3) is 0 Å². The fourth-order valence-electron chi connectivity index (χ4n) is 7.17. The highest BCUT2D eigenvalue weighted by Crippen LogP contribution is 2.45. The minimum absolute atomic E-state index is 0.000543. The molecule has 0 fully saturated rings. The second-order valence-electron chi connectivity index (χ2n) is 16.9. The quantitative estimate of drug-likeness (QED) is 0.125. The molecule has 0 saturated carbocycles. The number of esters is 1. The van der Waals surface area contributed by atoms with Crippen LogP contribution in [0, 0.1) is 0 Å². The molecule has 0 bridgehead atoms. The van der Waals surface area contributed by atoms with E-state index in [2.05, 4.69) is 46.6 Å². The van der Waals surface area contributed by atoms with Gasteiger partial charge in [-0.2, -0.15) is 0 Å². The van der Waals surface area contributed by atoms with Crippen molar-refractivity contribution in [3.8, 4) is 45.3 Å². The summed E-state index contributed by atoms with van der Waals surface area (Å²) >= 11 is 0. The molecular formula is C46H52F4O8. The first-order valence-electron chi connectivity index (χ1n) is 19.4. The second-order valence-corrected chi connectivity index (χ2v) is 16.9. The normalized spacial score (nSPS) is 14.9. The Balaban J connectivity index is 0.000000223. The van der Waals surface area contributed by atoms with Crippen molar-refractivity contribution in [2.75, 3.05) is 0 Å². The number of fused-ring (bicyclic) bond motifs is 2. The van der Waals surface area contributed by atoms with Crippen LogP contribution in [0.3, 0.4) is 0 Å². The third-order valence-electron chi connectivity index (χ3n) is 9.66. The molecule has 6 rings (SSSR count). The van der Waals surface area contributed by atoms with E-state index in [1.165, 1.54) is 18.2 Å². The summed E-state index contributed by atoms with van der Waals surface area (Å²) in [6, 6.07) is 17.4. The van der Waals surface area contributed by atoms with E-state index in [4.69, 9.17) is 4.74 Å². The number of carboxylic acid groups (broad SMARTS) is 1. The largest absolute Gasteiger partial charge is 0.586 e. The summed E-state index contributed by atoms with van der Waals surface area (Å²) < 4.78 is 77.1. The predicted molar refractivity (Wildman–Crippen MR) is 213 cm³/mol. The molecule has 0 radical (unpaired) electrons. The standard InChI is InChI=1S/C25H30F2O4.C21H22F2O4/c1-14(2)18-10-17(16-8-9-21-22(12-16)30-25(26,27)29-21)11-19(15(3)4)20(18)13-23(28)31-24(5,6)7;1-11(2)15-7-14(8-16(12(3)4)17(15)10-20(24)25)13-5-6-18-19(9-13)27-21(22,23)26-18/h8-12,14-15H,13H2,1-7H3;5-9,11-12H,10H2,1-4H3,(H,24,25). The van der Waals surface area contributed by atoms with Crippen molar-refractivity contribution in [3.05, 3.63) is 94.0 Å². The average Bonchev–Trinajstić information content (AvgIpc) is 3.58. The Labute approximate surface area is 337 Å². The van der Waals surface area contributed by atoms with E-state index >= 15 is 0 Å². The van der Waals surface area contributed by atoms with Crippen LogP contribution in [0.25, 0.3) is 22.3 Å². The second kappa shape index (κ2) is 16.5. The molecule has 4 aromatic rings. The first-order chi connectivity index (χ1) is 26.8. The Morgan fingerprint density at radius 2 is 0.879 bits per heavy atom. The lowest BCUT2D eigenvalue weighted by Crippen LogP contribution is -2.25. The number of ether oxygens (including phenoxy) is 5. The van der Waals surface area contributed by atoms with E-state index in [1.54, 1.807) is 18.2 Å². The van der Waals surface area contributed by atoms with Crippen LogP contribution >= 0.6 is 0 Å². The van der Waals surface area contributed by atoms with Gasteiger partial charge in [0, 0.05) is 0 Å². The fourth-order valence-corrected chi connectivity index (χ4v) is 7.17. The van der Waals surface area contributed by atoms with E-state index in [1.807, 2.05) is 72.7 Å². The maximum Gasteiger partial charge on any atom is 0.586 e. The molecular weight excluding hydrogens is 756 g/mol. The van der Waals surface area contributed by atoms with Crippen LogP contribution in [0.5, 0.6) is 23.0 Å². The summed E-state index contributed by atoms with van der Waals surface area (Å²) in [6.07, 6.45) is -7.16. The van der Waals surface area contributed by atoms with Crippen LogP contribution < -0.4 is 18.9 Å². The van der Waals surface area contributed by atoms with Crippen LogP contribution in [0.1, 0.15) is 133 Å². The van der Waals surface area contributed by atoms with Gasteiger partial charge in [-0.1, -0.05) is 91.8 Å². The van der Waals surface area contributed by atoms with E-state index in [0.29, 0.717) is 5.56 Å². The number of hydrogen-bond donors (Lipinski definition) is 1. The molecule has 4 aromatic carbocycles. The fraction of sp³-hybridized carbons (Fsp3) is 0.435. The Kier molecular flexibility index (Phi) is 12.5. The number of carboxylic acids is 1. The summed E-state index contributed by atoms with van der Waals surface area (Å²) in [5.74, 6) is -0.567. The van der Waals surface area contributed by atoms with Gasteiger partial charge in [-0.15, -0.1) is 17.6 Å². The zero-order valence-corrected chi connectivity index (χ0v) is 34.8. The molecule has 0 aliphatic carbocycles. The Morgan fingerprint density at radius 3 is 1.19 bits per heavy atom. The summed E-state index contributed by atoms with van der Waals surface area (Å²) in [4.78, 5) is 24.0. The van der Waals surface area contributed by atoms with Crippen LogP contribution in [-0.4, -0.2) is 35.2 Å². The van der Waals surface area contributed by atoms with Gasteiger partial charge in [0.15, 0.2) is 23.0 Å². The molecule has 2 aliphatic heterocycles. The van der Waals surface area contributed by atoms with E-state index in [-0.39, 0.29) is 65.5 Å². The first-order valence-corrected chi connectivity index (χ1v) is 19.4. The van der Waals surface area contributed by atoms with Gasteiger partial charge in [-0.25, -0.2) is 0 Å². The van der Waals surface area contributed by atoms with Gasteiger partial charge in [-0.05, 0) is 124 Å². The topological polar surface area (TPSA) is 101 Å². The van der Waals surface area contributed by atoms with Crippen molar-refractivity contribution in [3.63, 3.8) is 0 Å². The monoisotopic (exact) mass is 808 g/mol. The van der Waals surface area contributed by atoms with Crippen LogP contribution in [0.15, 0.2) is 60.7 Å². The van der Waals surface area contributed by atoms with E-state index < -0.39 is 24.2 Å². The van der Waals surface area contributed by atoms with Crippen molar-refractivity contribution in [1.82, 2.24) is 0 Å². The third kappa shape index (κ3) is 10.4. The molecule has 1 N–H and O–H groups in total. The number of carbonyl (C=O) groups excluding carboxylic acids is 1. The van der Waals surface area contributed by atoms with Crippen molar-refractivity contribution in [1.29, 1.82) is 0 Å². The Bertz CT molecular complexity index is 2120. The van der Waals surface area contributed by atoms with Gasteiger partial charge < -0.3 is 28.8 Å². The molecule has 0 spiro atoms. The van der Waals surface area contributed by atoms with Gasteiger partial charge >= 0.3 is 24.5 Å². The summed E-state index contributed by atoms with van der Waals surface area (Å²) in [5.41, 5.74) is 8.36. The van der Waals surface area contributed by atoms with Gasteiger partial charge in [0.1, 0.15) is 5.60 Å². The number of aliphatic carboxylic acids is 1. The number of benzene rings is 4. The highest BCUT2D eigenvalue weighted by Gasteiger charge is 2.44. The summed E-state index contributed by atoms with van der Waals surface area (Å²) in [7, 11) is 0. The highest BCUT2D eigenvalue weighted by atomic mass is 19.3. The third-order valence-corrected chi connectivity index (χ3v) is 9.66. The minimum atomic E-state index is -3.65. The Hall–Kier alpha value is -5.26.